The van der Waals surface area contributed by atoms with Crippen LogP contribution in [0.3, 0.4) is 0 Å². The van der Waals surface area contributed by atoms with E-state index < -0.39 is 10.0 Å². The van der Waals surface area contributed by atoms with E-state index in [0.29, 0.717) is 54.8 Å². The minimum absolute atomic E-state index is 0.000442. The van der Waals surface area contributed by atoms with Crippen molar-refractivity contribution < 1.29 is 13.2 Å². The number of carbonyl (C=O) groups is 1. The molecule has 3 aromatic carbocycles. The molecule has 0 aliphatic carbocycles. The maximum atomic E-state index is 13.4. The summed E-state index contributed by atoms with van der Waals surface area (Å²) >= 11 is 12.3. The largest absolute Gasteiger partial charge is 0.322 e. The maximum absolute atomic E-state index is 13.4. The van der Waals surface area contributed by atoms with Gasteiger partial charge in [-0.05, 0) is 68.4 Å². The molecule has 39 heavy (non-hydrogen) atoms. The van der Waals surface area contributed by atoms with Gasteiger partial charge in [0.05, 0.1) is 31.7 Å². The van der Waals surface area contributed by atoms with Crippen LogP contribution < -0.4 is 10.0 Å². The summed E-state index contributed by atoms with van der Waals surface area (Å²) in [6.45, 7) is 3.51. The van der Waals surface area contributed by atoms with Crippen molar-refractivity contribution in [3.63, 3.8) is 0 Å². The molecule has 196 valence electrons. The van der Waals surface area contributed by atoms with E-state index >= 15 is 0 Å². The van der Waals surface area contributed by atoms with Crippen LogP contribution in [-0.2, 0) is 10.0 Å². The van der Waals surface area contributed by atoms with E-state index in [2.05, 4.69) is 25.0 Å². The Kier molecular flexibility index (Phi) is 7.22. The number of halogens is 2. The third-order valence-electron chi connectivity index (χ3n) is 5.81. The summed E-state index contributed by atoms with van der Waals surface area (Å²) in [5.74, 6) is -0.389. The number of nitrogens with one attached hydrogen (secondary N) is 2. The summed E-state index contributed by atoms with van der Waals surface area (Å²) in [6, 6.07) is 21.7. The van der Waals surface area contributed by atoms with Gasteiger partial charge in [-0.3, -0.25) is 4.79 Å². The van der Waals surface area contributed by atoms with Crippen molar-refractivity contribution in [1.29, 1.82) is 0 Å². The van der Waals surface area contributed by atoms with Crippen molar-refractivity contribution in [2.45, 2.75) is 18.7 Å². The summed E-state index contributed by atoms with van der Waals surface area (Å²) in [5.41, 5.74) is 3.99. The fourth-order valence-electron chi connectivity index (χ4n) is 4.03. The van der Waals surface area contributed by atoms with Crippen LogP contribution in [0.5, 0.6) is 0 Å². The molecule has 8 nitrogen and oxygen atoms in total. The maximum Gasteiger partial charge on any atom is 0.264 e. The molecule has 0 spiro atoms. The van der Waals surface area contributed by atoms with Gasteiger partial charge in [-0.25, -0.2) is 28.1 Å². The lowest BCUT2D eigenvalue weighted by atomic mass is 10.0. The molecule has 11 heteroatoms. The number of hydrogen-bond acceptors (Lipinski definition) is 6. The monoisotopic (exact) mass is 577 g/mol. The smallest absolute Gasteiger partial charge is 0.264 e. The molecule has 0 atom stereocenters. The van der Waals surface area contributed by atoms with Gasteiger partial charge in [0.2, 0.25) is 5.95 Å². The second-order valence-corrected chi connectivity index (χ2v) is 11.3. The normalized spacial score (nSPS) is 11.4. The third-order valence-corrected chi connectivity index (χ3v) is 7.89. The minimum Gasteiger partial charge on any atom is -0.322 e. The fraction of sp³-hybridized carbons (Fsp3) is 0.0714. The number of hydrogen-bond donors (Lipinski definition) is 2. The molecule has 0 aliphatic rings. The third kappa shape index (κ3) is 5.85. The molecule has 0 bridgehead atoms. The molecule has 0 radical (unpaired) electrons. The number of rotatable bonds is 6. The highest BCUT2D eigenvalue weighted by atomic mass is 35.5. The number of aromatic nitrogens is 3. The zero-order valence-corrected chi connectivity index (χ0v) is 23.1. The number of amides is 1. The van der Waals surface area contributed by atoms with Crippen molar-refractivity contribution in [1.82, 2.24) is 15.0 Å². The first-order valence-corrected chi connectivity index (χ1v) is 13.9. The van der Waals surface area contributed by atoms with Crippen LogP contribution in [0.4, 0.5) is 11.6 Å². The number of carbonyl (C=O) groups excluding carboxylic acids is 1. The van der Waals surface area contributed by atoms with Crippen molar-refractivity contribution in [3.8, 4) is 11.3 Å². The summed E-state index contributed by atoms with van der Waals surface area (Å²) in [6.07, 6.45) is 0. The number of aryl methyl sites for hydroxylation is 2. The SMILES string of the molecule is Cc1cc(C)nc(NS(=O)(=O)c2ccc(NC(=O)c3cc(-c4ccc(Cl)c(Cl)c4)nc4ccccc34)cc2)n1. The summed E-state index contributed by atoms with van der Waals surface area (Å²) < 4.78 is 28.1. The van der Waals surface area contributed by atoms with Gasteiger partial charge in [-0.1, -0.05) is 47.5 Å². The average molecular weight is 578 g/mol. The highest BCUT2D eigenvalue weighted by Crippen LogP contribution is 2.30. The second kappa shape index (κ2) is 10.6. The van der Waals surface area contributed by atoms with Gasteiger partial charge in [0, 0.05) is 28.0 Å². The molecule has 2 N–H and O–H groups in total. The van der Waals surface area contributed by atoms with Gasteiger partial charge < -0.3 is 5.32 Å². The highest BCUT2D eigenvalue weighted by Gasteiger charge is 2.18. The number of fused-ring (bicyclic) bond motifs is 1. The van der Waals surface area contributed by atoms with Crippen molar-refractivity contribution in [3.05, 3.63) is 106 Å². The Morgan fingerprint density at radius 1 is 0.795 bits per heavy atom. The molecule has 5 rings (SSSR count). The molecule has 2 aromatic heterocycles. The van der Waals surface area contributed by atoms with Crippen LogP contribution in [0.2, 0.25) is 10.0 Å². The van der Waals surface area contributed by atoms with E-state index in [4.69, 9.17) is 23.2 Å². The minimum atomic E-state index is -3.93. The molecule has 1 amide bonds. The summed E-state index contributed by atoms with van der Waals surface area (Å²) in [4.78, 5) is 26.3. The Bertz CT molecular complexity index is 1820. The van der Waals surface area contributed by atoms with E-state index in [1.54, 1.807) is 44.2 Å². The molecule has 5 aromatic rings. The molecule has 0 saturated heterocycles. The van der Waals surface area contributed by atoms with E-state index in [1.807, 2.05) is 24.3 Å². The second-order valence-electron chi connectivity index (χ2n) is 8.76. The van der Waals surface area contributed by atoms with Crippen molar-refractivity contribution in [2.75, 3.05) is 10.0 Å². The lowest BCUT2D eigenvalue weighted by Gasteiger charge is -2.12. The number of sulfonamides is 1. The Morgan fingerprint density at radius 3 is 2.18 bits per heavy atom. The molecule has 0 saturated carbocycles. The Labute approximate surface area is 235 Å². The number of benzene rings is 3. The highest BCUT2D eigenvalue weighted by molar-refractivity contribution is 7.92. The Morgan fingerprint density at radius 2 is 1.49 bits per heavy atom. The first kappa shape index (κ1) is 26.6. The van der Waals surface area contributed by atoms with Crippen molar-refractivity contribution >= 4 is 61.7 Å². The summed E-state index contributed by atoms with van der Waals surface area (Å²) in [7, 11) is -3.93. The zero-order chi connectivity index (χ0) is 27.7. The van der Waals surface area contributed by atoms with Crippen LogP contribution in [0, 0.1) is 13.8 Å². The molecule has 2 heterocycles. The summed E-state index contributed by atoms with van der Waals surface area (Å²) in [5, 5.41) is 4.30. The van der Waals surface area contributed by atoms with Crippen LogP contribution >= 0.6 is 23.2 Å². The predicted molar refractivity (Wildman–Crippen MR) is 154 cm³/mol. The number of para-hydroxylation sites is 1. The first-order valence-electron chi connectivity index (χ1n) is 11.7. The standard InChI is InChI=1S/C28H21Cl2N5O3S/c1-16-13-17(2)32-28(31-16)35-39(37,38)20-10-8-19(9-11-20)33-27(36)22-15-26(18-7-12-23(29)24(30)14-18)34-25-6-4-3-5-21(22)25/h3-15H,1-2H3,(H,33,36)(H,31,32,35). The zero-order valence-electron chi connectivity index (χ0n) is 20.7. The van der Waals surface area contributed by atoms with Crippen LogP contribution in [0.25, 0.3) is 22.2 Å². The van der Waals surface area contributed by atoms with Crippen LogP contribution in [-0.4, -0.2) is 29.3 Å². The quantitative estimate of drug-likeness (QED) is 0.233. The number of anilines is 2. The van der Waals surface area contributed by atoms with E-state index in [1.165, 1.54) is 24.3 Å². The van der Waals surface area contributed by atoms with Crippen molar-refractivity contribution in [2.24, 2.45) is 0 Å². The first-order chi connectivity index (χ1) is 18.6. The predicted octanol–water partition coefficient (Wildman–Crippen LogP) is 6.67. The van der Waals surface area contributed by atoms with Crippen LogP contribution in [0.1, 0.15) is 21.7 Å². The average Bonchev–Trinajstić information content (AvgIpc) is 2.89. The van der Waals surface area contributed by atoms with Gasteiger partial charge in [0.15, 0.2) is 0 Å². The molecule has 0 unspecified atom stereocenters. The van der Waals surface area contributed by atoms with E-state index in [-0.39, 0.29) is 16.8 Å². The van der Waals surface area contributed by atoms with Gasteiger partial charge in [-0.15, -0.1) is 0 Å². The molecule has 0 aliphatic heterocycles. The molecule has 0 fully saturated rings. The van der Waals surface area contributed by atoms with E-state index in [9.17, 15) is 13.2 Å². The van der Waals surface area contributed by atoms with E-state index in [0.717, 1.165) is 0 Å². The Hall–Kier alpha value is -4.05. The lowest BCUT2D eigenvalue weighted by Crippen LogP contribution is -2.16. The van der Waals surface area contributed by atoms with Gasteiger partial charge in [0.1, 0.15) is 0 Å². The van der Waals surface area contributed by atoms with Crippen LogP contribution in [0.15, 0.2) is 83.8 Å². The molecular weight excluding hydrogens is 557 g/mol. The molecular formula is C28H21Cl2N5O3S. The van der Waals surface area contributed by atoms with Gasteiger partial charge in [-0.2, -0.15) is 0 Å². The number of pyridine rings is 1. The van der Waals surface area contributed by atoms with Gasteiger partial charge in [0.25, 0.3) is 15.9 Å². The topological polar surface area (TPSA) is 114 Å². The van der Waals surface area contributed by atoms with Gasteiger partial charge >= 0.3 is 0 Å². The lowest BCUT2D eigenvalue weighted by molar-refractivity contribution is 0.102. The number of nitrogens with zero attached hydrogens (tertiary/aromatic N) is 3. The fourth-order valence-corrected chi connectivity index (χ4v) is 5.28. The Balaban J connectivity index is 1.42.